The Morgan fingerprint density at radius 1 is 1.07 bits per heavy atom. The van der Waals surface area contributed by atoms with Gasteiger partial charge < -0.3 is 16.0 Å². The molecule has 9 nitrogen and oxygen atoms in total. The van der Waals surface area contributed by atoms with Crippen molar-refractivity contribution in [2.45, 2.75) is 33.6 Å². The maximum atomic E-state index is 14.7. The van der Waals surface area contributed by atoms with E-state index in [2.05, 4.69) is 5.32 Å². The van der Waals surface area contributed by atoms with Gasteiger partial charge in [0.05, 0.1) is 11.4 Å². The normalized spacial score (nSPS) is 10.8. The summed E-state index contributed by atoms with van der Waals surface area (Å²) in [6.45, 7) is 7.05. The molecule has 0 aliphatic rings. The van der Waals surface area contributed by atoms with E-state index in [0.717, 1.165) is 21.6 Å². The standard InChI is InChI=1S/C26H26F3N5O4.C2H6/c1-14-9-10-19(18(27)11-14)31-22-20(24(37)32(3)4)21(15(2)23(36)33(22)5)34(13-35)17-8-6-7-16(12-17)26(28,29)25(30)38;1-2/h6-13,31H,1-5H3,(H2,30,38);1-2H3. The number of nitrogens with zero attached hydrogens (tertiary/aromatic N) is 3. The van der Waals surface area contributed by atoms with Crippen molar-refractivity contribution in [2.75, 3.05) is 24.3 Å². The summed E-state index contributed by atoms with van der Waals surface area (Å²) in [4.78, 5) is 52.4. The Kier molecular flexibility index (Phi) is 9.87. The monoisotopic (exact) mass is 559 g/mol. The number of carbonyl (C=O) groups is 3. The van der Waals surface area contributed by atoms with Gasteiger partial charge in [0.2, 0.25) is 6.41 Å². The Bertz CT molecular complexity index is 1500. The van der Waals surface area contributed by atoms with Crippen molar-refractivity contribution in [1.82, 2.24) is 9.47 Å². The van der Waals surface area contributed by atoms with Crippen molar-refractivity contribution in [2.24, 2.45) is 12.8 Å². The summed E-state index contributed by atoms with van der Waals surface area (Å²) in [6, 6.07) is 8.55. The smallest absolute Gasteiger partial charge is 0.349 e. The average Bonchev–Trinajstić information content (AvgIpc) is 2.92. The third-order valence-corrected chi connectivity index (χ3v) is 5.93. The molecule has 3 N–H and O–H groups in total. The first-order valence-electron chi connectivity index (χ1n) is 12.2. The maximum Gasteiger partial charge on any atom is 0.349 e. The zero-order chi connectivity index (χ0) is 30.5. The predicted molar refractivity (Wildman–Crippen MR) is 148 cm³/mol. The van der Waals surface area contributed by atoms with Gasteiger partial charge in [-0.2, -0.15) is 8.78 Å². The first kappa shape index (κ1) is 31.6. The molecule has 12 heteroatoms. The second-order valence-corrected chi connectivity index (χ2v) is 8.83. The fourth-order valence-corrected chi connectivity index (χ4v) is 3.88. The first-order valence-corrected chi connectivity index (χ1v) is 12.2. The number of halogens is 3. The SMILES string of the molecule is CC.Cc1ccc(Nc2c(C(=O)N(C)C)c(N(C=O)c3cccc(C(F)(F)C(N)=O)c3)c(C)c(=O)n2C)c(F)c1. The first-order chi connectivity index (χ1) is 18.7. The van der Waals surface area contributed by atoms with Crippen LogP contribution in [0.3, 0.4) is 0 Å². The zero-order valence-corrected chi connectivity index (χ0v) is 23.3. The van der Waals surface area contributed by atoms with E-state index in [0.29, 0.717) is 5.56 Å². The van der Waals surface area contributed by atoms with Crippen molar-refractivity contribution in [3.8, 4) is 0 Å². The number of primary amides is 1. The van der Waals surface area contributed by atoms with E-state index >= 15 is 0 Å². The molecule has 214 valence electrons. The Balaban J connectivity index is 0.00000274. The van der Waals surface area contributed by atoms with Crippen LogP contribution in [0.4, 0.5) is 36.1 Å². The molecule has 0 fully saturated rings. The van der Waals surface area contributed by atoms with E-state index in [1.54, 1.807) is 13.0 Å². The summed E-state index contributed by atoms with van der Waals surface area (Å²) < 4.78 is 44.6. The largest absolute Gasteiger partial charge is 0.364 e. The summed E-state index contributed by atoms with van der Waals surface area (Å²) >= 11 is 0. The van der Waals surface area contributed by atoms with Crippen molar-refractivity contribution in [3.05, 3.63) is 80.9 Å². The molecule has 3 aromatic rings. The number of carbonyl (C=O) groups excluding carboxylic acids is 3. The molecule has 0 saturated carbocycles. The van der Waals surface area contributed by atoms with Gasteiger partial charge >= 0.3 is 5.92 Å². The number of nitrogens with one attached hydrogen (secondary N) is 1. The van der Waals surface area contributed by atoms with Crippen molar-refractivity contribution in [3.63, 3.8) is 0 Å². The molecule has 3 amide bonds. The molecule has 0 atom stereocenters. The van der Waals surface area contributed by atoms with Gasteiger partial charge in [-0.15, -0.1) is 0 Å². The molecule has 0 bridgehead atoms. The van der Waals surface area contributed by atoms with Gasteiger partial charge in [0.25, 0.3) is 17.4 Å². The highest BCUT2D eigenvalue weighted by Gasteiger charge is 2.39. The third kappa shape index (κ3) is 6.00. The van der Waals surface area contributed by atoms with E-state index in [4.69, 9.17) is 5.73 Å². The topological polar surface area (TPSA) is 118 Å². The van der Waals surface area contributed by atoms with Gasteiger partial charge in [0.15, 0.2) is 0 Å². The van der Waals surface area contributed by atoms with Gasteiger partial charge in [-0.25, -0.2) is 4.39 Å². The van der Waals surface area contributed by atoms with Crippen LogP contribution in [0, 0.1) is 19.7 Å². The van der Waals surface area contributed by atoms with E-state index in [1.165, 1.54) is 57.2 Å². The van der Waals surface area contributed by atoms with Crippen molar-refractivity contribution < 1.29 is 27.6 Å². The number of aryl methyl sites for hydroxylation is 1. The molecule has 0 unspecified atom stereocenters. The lowest BCUT2D eigenvalue weighted by molar-refractivity contribution is -0.143. The number of hydrogen-bond donors (Lipinski definition) is 2. The Morgan fingerprint density at radius 2 is 1.70 bits per heavy atom. The van der Waals surface area contributed by atoms with Gasteiger partial charge in [-0.1, -0.05) is 32.0 Å². The van der Waals surface area contributed by atoms with Crippen molar-refractivity contribution >= 4 is 41.1 Å². The lowest BCUT2D eigenvalue weighted by Gasteiger charge is -2.28. The summed E-state index contributed by atoms with van der Waals surface area (Å²) in [6.07, 6.45) is 0.242. The summed E-state index contributed by atoms with van der Waals surface area (Å²) in [5.74, 6) is -7.41. The molecule has 1 aromatic heterocycles. The average molecular weight is 560 g/mol. The highest BCUT2D eigenvalue weighted by atomic mass is 19.3. The number of aromatic nitrogens is 1. The minimum atomic E-state index is -4.05. The Morgan fingerprint density at radius 3 is 2.23 bits per heavy atom. The Hall–Kier alpha value is -4.61. The number of hydrogen-bond acceptors (Lipinski definition) is 5. The van der Waals surface area contributed by atoms with Crippen LogP contribution in [0.2, 0.25) is 0 Å². The molecule has 40 heavy (non-hydrogen) atoms. The number of alkyl halides is 2. The Labute approximate surface area is 230 Å². The van der Waals surface area contributed by atoms with Crippen LogP contribution in [0.5, 0.6) is 0 Å². The maximum absolute atomic E-state index is 14.7. The number of rotatable bonds is 8. The quantitative estimate of drug-likeness (QED) is 0.395. The summed E-state index contributed by atoms with van der Waals surface area (Å²) in [5, 5.41) is 2.78. The third-order valence-electron chi connectivity index (χ3n) is 5.93. The van der Waals surface area contributed by atoms with Crippen LogP contribution in [0.1, 0.15) is 40.9 Å². The van der Waals surface area contributed by atoms with Crippen LogP contribution in [-0.4, -0.2) is 41.8 Å². The number of pyridine rings is 1. The van der Waals surface area contributed by atoms with E-state index in [1.807, 2.05) is 13.8 Å². The van der Waals surface area contributed by atoms with Crippen LogP contribution < -0.4 is 21.5 Å². The molecule has 3 rings (SSSR count). The lowest BCUT2D eigenvalue weighted by atomic mass is 10.0. The minimum Gasteiger partial charge on any atom is -0.364 e. The van der Waals surface area contributed by atoms with Gasteiger partial charge in [-0.05, 0) is 43.7 Å². The molecule has 0 aliphatic carbocycles. The highest BCUT2D eigenvalue weighted by molar-refractivity contribution is 6.08. The predicted octanol–water partition coefficient (Wildman–Crippen LogP) is 4.48. The van der Waals surface area contributed by atoms with Crippen LogP contribution in [0.25, 0.3) is 0 Å². The number of anilines is 4. The van der Waals surface area contributed by atoms with E-state index in [9.17, 15) is 32.3 Å². The minimum absolute atomic E-state index is 0.0473. The van der Waals surface area contributed by atoms with Gasteiger partial charge in [-0.3, -0.25) is 28.6 Å². The van der Waals surface area contributed by atoms with Gasteiger partial charge in [0.1, 0.15) is 17.2 Å². The van der Waals surface area contributed by atoms with E-state index < -0.39 is 34.7 Å². The second-order valence-electron chi connectivity index (χ2n) is 8.83. The molecular weight excluding hydrogens is 527 g/mol. The fourth-order valence-electron chi connectivity index (χ4n) is 3.88. The molecule has 1 heterocycles. The van der Waals surface area contributed by atoms with Gasteiger partial charge in [0, 0.05) is 38.0 Å². The lowest BCUT2D eigenvalue weighted by Crippen LogP contribution is -2.34. The highest BCUT2D eigenvalue weighted by Crippen LogP contribution is 2.37. The zero-order valence-electron chi connectivity index (χ0n) is 23.3. The molecule has 0 saturated heterocycles. The van der Waals surface area contributed by atoms with Crippen LogP contribution in [0.15, 0.2) is 47.3 Å². The van der Waals surface area contributed by atoms with E-state index in [-0.39, 0.29) is 40.4 Å². The second kappa shape index (κ2) is 12.5. The molecule has 0 radical (unpaired) electrons. The molecule has 2 aromatic carbocycles. The number of amides is 3. The fraction of sp³-hybridized carbons (Fsp3) is 0.286. The van der Waals surface area contributed by atoms with Crippen LogP contribution >= 0.6 is 0 Å². The van der Waals surface area contributed by atoms with Crippen molar-refractivity contribution in [1.29, 1.82) is 0 Å². The molecule has 0 aliphatic heterocycles. The summed E-state index contributed by atoms with van der Waals surface area (Å²) in [7, 11) is 4.23. The molecule has 0 spiro atoms. The summed E-state index contributed by atoms with van der Waals surface area (Å²) in [5.41, 5.74) is 3.34. The number of benzene rings is 2. The number of nitrogens with two attached hydrogens (primary N) is 1. The van der Waals surface area contributed by atoms with Crippen LogP contribution in [-0.2, 0) is 22.6 Å². The molecular formula is C28H32F3N5O4.